The van der Waals surface area contributed by atoms with Gasteiger partial charge in [-0.05, 0) is 30.9 Å². The molecule has 1 unspecified atom stereocenters. The Morgan fingerprint density at radius 1 is 1.33 bits per heavy atom. The van der Waals surface area contributed by atoms with E-state index < -0.39 is 6.10 Å². The molecule has 2 aliphatic rings. The van der Waals surface area contributed by atoms with Gasteiger partial charge in [0.2, 0.25) is 0 Å². The molecule has 0 bridgehead atoms. The average Bonchev–Trinajstić information content (AvgIpc) is 2.63. The number of ketones is 1. The third-order valence-corrected chi connectivity index (χ3v) is 4.60. The Balaban J connectivity index is 1.78. The van der Waals surface area contributed by atoms with E-state index in [9.17, 15) is 14.9 Å². The summed E-state index contributed by atoms with van der Waals surface area (Å²) >= 11 is 0. The normalized spacial score (nSPS) is 21.5. The molecule has 2 fully saturated rings. The molecule has 0 spiro atoms. The molecule has 2 heterocycles. The molecule has 0 aromatic heterocycles. The molecule has 0 saturated carbocycles. The van der Waals surface area contributed by atoms with Crippen molar-refractivity contribution in [1.82, 2.24) is 5.32 Å². The summed E-state index contributed by atoms with van der Waals surface area (Å²) in [5, 5.41) is 14.5. The number of hydrogen-bond acceptors (Lipinski definition) is 6. The number of Topliss-reactive ketones (excluding diaryl/α,β-unsaturated/α-hetero) is 1. The van der Waals surface area contributed by atoms with Crippen molar-refractivity contribution in [3.05, 3.63) is 33.9 Å². The predicted octanol–water partition coefficient (Wildman–Crippen LogP) is 1.69. The van der Waals surface area contributed by atoms with Crippen molar-refractivity contribution < 1.29 is 14.5 Å². The van der Waals surface area contributed by atoms with E-state index in [0.29, 0.717) is 18.8 Å². The highest BCUT2D eigenvalue weighted by Crippen LogP contribution is 2.31. The van der Waals surface area contributed by atoms with Gasteiger partial charge in [0, 0.05) is 38.7 Å². The molecule has 1 aromatic rings. The molecule has 7 nitrogen and oxygen atoms in total. The first-order valence-electron chi connectivity index (χ1n) is 8.52. The van der Waals surface area contributed by atoms with Gasteiger partial charge < -0.3 is 15.0 Å². The molecule has 7 heteroatoms. The van der Waals surface area contributed by atoms with Crippen LogP contribution in [0.15, 0.2) is 18.2 Å². The lowest BCUT2D eigenvalue weighted by Crippen LogP contribution is -2.43. The van der Waals surface area contributed by atoms with Crippen LogP contribution in [0.3, 0.4) is 0 Å². The number of piperidine rings is 1. The molecule has 130 valence electrons. The van der Waals surface area contributed by atoms with Crippen LogP contribution >= 0.6 is 0 Å². The van der Waals surface area contributed by atoms with Crippen LogP contribution in [0.1, 0.15) is 24.8 Å². The number of nitro groups is 1. The van der Waals surface area contributed by atoms with Crippen molar-refractivity contribution in [3.8, 4) is 0 Å². The average molecular weight is 333 g/mol. The number of benzene rings is 1. The Bertz CT molecular complexity index is 608. The van der Waals surface area contributed by atoms with Gasteiger partial charge in [-0.3, -0.25) is 14.9 Å². The van der Waals surface area contributed by atoms with Crippen LogP contribution in [-0.4, -0.2) is 49.6 Å². The van der Waals surface area contributed by atoms with Crippen LogP contribution in [0.25, 0.3) is 0 Å². The van der Waals surface area contributed by atoms with E-state index in [0.717, 1.165) is 44.5 Å². The number of rotatable bonds is 5. The molecule has 24 heavy (non-hydrogen) atoms. The summed E-state index contributed by atoms with van der Waals surface area (Å²) < 4.78 is 5.49. The lowest BCUT2D eigenvalue weighted by atomic mass is 10.0. The van der Waals surface area contributed by atoms with Crippen LogP contribution in [0.2, 0.25) is 0 Å². The number of carbonyl (C=O) groups excluding carboxylic acids is 1. The van der Waals surface area contributed by atoms with Gasteiger partial charge in [-0.1, -0.05) is 6.07 Å². The van der Waals surface area contributed by atoms with E-state index in [4.69, 9.17) is 4.74 Å². The van der Waals surface area contributed by atoms with Gasteiger partial charge in [-0.2, -0.15) is 0 Å². The SMILES string of the molecule is O=C(Cc1ccc([N+](=O)[O-])c(N2CCCCC2)c1)C1CNCCO1. The number of morpholine rings is 1. The van der Waals surface area contributed by atoms with Crippen molar-refractivity contribution in [3.63, 3.8) is 0 Å². The minimum atomic E-state index is -0.424. The second-order valence-corrected chi connectivity index (χ2v) is 6.33. The highest BCUT2D eigenvalue weighted by molar-refractivity contribution is 5.86. The van der Waals surface area contributed by atoms with Gasteiger partial charge in [0.1, 0.15) is 11.8 Å². The number of carbonyl (C=O) groups is 1. The maximum absolute atomic E-state index is 12.4. The quantitative estimate of drug-likeness (QED) is 0.652. The van der Waals surface area contributed by atoms with Crippen LogP contribution in [0.4, 0.5) is 11.4 Å². The Morgan fingerprint density at radius 3 is 2.79 bits per heavy atom. The van der Waals surface area contributed by atoms with E-state index >= 15 is 0 Å². The Labute approximate surface area is 141 Å². The zero-order chi connectivity index (χ0) is 16.9. The van der Waals surface area contributed by atoms with Crippen molar-refractivity contribution in [2.24, 2.45) is 0 Å². The fourth-order valence-corrected chi connectivity index (χ4v) is 3.31. The van der Waals surface area contributed by atoms with Crippen LogP contribution in [0.5, 0.6) is 0 Å². The minimum absolute atomic E-state index is 0.0145. The first kappa shape index (κ1) is 16.9. The number of ether oxygens (including phenoxy) is 1. The van der Waals surface area contributed by atoms with Gasteiger partial charge >= 0.3 is 0 Å². The largest absolute Gasteiger partial charge is 0.368 e. The Kier molecular flexibility index (Phi) is 5.42. The van der Waals surface area contributed by atoms with E-state index in [1.807, 2.05) is 0 Å². The molecule has 0 amide bonds. The fourth-order valence-electron chi connectivity index (χ4n) is 3.31. The monoisotopic (exact) mass is 333 g/mol. The van der Waals surface area contributed by atoms with Crippen molar-refractivity contribution in [2.45, 2.75) is 31.8 Å². The first-order chi connectivity index (χ1) is 11.6. The summed E-state index contributed by atoms with van der Waals surface area (Å²) in [6.07, 6.45) is 3.07. The Hall–Kier alpha value is -1.99. The number of anilines is 1. The molecule has 2 saturated heterocycles. The zero-order valence-electron chi connectivity index (χ0n) is 13.7. The summed E-state index contributed by atoms with van der Waals surface area (Å²) in [4.78, 5) is 25.4. The van der Waals surface area contributed by atoms with E-state index in [2.05, 4.69) is 10.2 Å². The fraction of sp³-hybridized carbons (Fsp3) is 0.588. The zero-order valence-corrected chi connectivity index (χ0v) is 13.7. The summed E-state index contributed by atoms with van der Waals surface area (Å²) in [6.45, 7) is 3.49. The topological polar surface area (TPSA) is 84.7 Å². The molecule has 1 aromatic carbocycles. The van der Waals surface area contributed by atoms with Gasteiger partial charge in [0.15, 0.2) is 5.78 Å². The van der Waals surface area contributed by atoms with Crippen molar-refractivity contribution in [1.29, 1.82) is 0 Å². The lowest BCUT2D eigenvalue weighted by Gasteiger charge is -2.28. The number of nitro benzene ring substituents is 1. The molecule has 2 aliphatic heterocycles. The first-order valence-corrected chi connectivity index (χ1v) is 8.52. The third-order valence-electron chi connectivity index (χ3n) is 4.60. The minimum Gasteiger partial charge on any atom is -0.368 e. The van der Waals surface area contributed by atoms with E-state index in [-0.39, 0.29) is 22.8 Å². The second-order valence-electron chi connectivity index (χ2n) is 6.33. The Morgan fingerprint density at radius 2 is 2.12 bits per heavy atom. The molecule has 0 radical (unpaired) electrons. The molecular formula is C17H23N3O4. The number of hydrogen-bond donors (Lipinski definition) is 1. The lowest BCUT2D eigenvalue weighted by molar-refractivity contribution is -0.384. The van der Waals surface area contributed by atoms with Crippen LogP contribution in [0, 0.1) is 10.1 Å². The molecule has 0 aliphatic carbocycles. The predicted molar refractivity (Wildman–Crippen MR) is 90.5 cm³/mol. The summed E-state index contributed by atoms with van der Waals surface area (Å²) in [5.41, 5.74) is 1.55. The van der Waals surface area contributed by atoms with Gasteiger partial charge in [0.25, 0.3) is 5.69 Å². The number of nitrogens with one attached hydrogen (secondary N) is 1. The summed E-state index contributed by atoms with van der Waals surface area (Å²) in [5.74, 6) is 0.0145. The second kappa shape index (κ2) is 7.72. The maximum atomic E-state index is 12.4. The standard InChI is InChI=1S/C17H23N3O4/c21-16(17-12-18-6-9-24-17)11-13-4-5-14(20(22)23)15(10-13)19-7-2-1-3-8-19/h4-5,10,17-18H,1-3,6-9,11-12H2. The summed E-state index contributed by atoms with van der Waals surface area (Å²) in [7, 11) is 0. The van der Waals surface area contributed by atoms with Gasteiger partial charge in [0.05, 0.1) is 11.5 Å². The molecule has 1 N–H and O–H groups in total. The van der Waals surface area contributed by atoms with Crippen LogP contribution < -0.4 is 10.2 Å². The van der Waals surface area contributed by atoms with Gasteiger partial charge in [-0.15, -0.1) is 0 Å². The van der Waals surface area contributed by atoms with Gasteiger partial charge in [-0.25, -0.2) is 0 Å². The molecule has 3 rings (SSSR count). The molecule has 1 atom stereocenters. The van der Waals surface area contributed by atoms with Crippen LogP contribution in [-0.2, 0) is 16.0 Å². The smallest absolute Gasteiger partial charge is 0.292 e. The maximum Gasteiger partial charge on any atom is 0.292 e. The highest BCUT2D eigenvalue weighted by atomic mass is 16.6. The summed E-state index contributed by atoms with van der Waals surface area (Å²) in [6, 6.07) is 5.00. The third kappa shape index (κ3) is 3.91. The van der Waals surface area contributed by atoms with Crippen molar-refractivity contribution in [2.75, 3.05) is 37.7 Å². The van der Waals surface area contributed by atoms with Crippen molar-refractivity contribution >= 4 is 17.2 Å². The highest BCUT2D eigenvalue weighted by Gasteiger charge is 2.25. The molecular weight excluding hydrogens is 310 g/mol. The van der Waals surface area contributed by atoms with E-state index in [1.165, 1.54) is 6.07 Å². The number of nitrogens with zero attached hydrogens (tertiary/aromatic N) is 2. The van der Waals surface area contributed by atoms with E-state index in [1.54, 1.807) is 12.1 Å².